The second kappa shape index (κ2) is 9.44. The number of hydrogen-bond donors (Lipinski definition) is 0. The van der Waals surface area contributed by atoms with Crippen LogP contribution in [0.25, 0.3) is 0 Å². The van der Waals surface area contributed by atoms with E-state index in [0.29, 0.717) is 12.0 Å². The van der Waals surface area contributed by atoms with Gasteiger partial charge in [0.25, 0.3) is 0 Å². The molecule has 0 N–H and O–H groups in total. The monoisotopic (exact) mass is 341 g/mol. The Morgan fingerprint density at radius 3 is 2.71 bits per heavy atom. The lowest BCUT2D eigenvalue weighted by molar-refractivity contribution is -0.150. The van der Waals surface area contributed by atoms with E-state index >= 15 is 0 Å². The van der Waals surface area contributed by atoms with E-state index < -0.39 is 11.7 Å². The van der Waals surface area contributed by atoms with Gasteiger partial charge in [-0.05, 0) is 20.8 Å². The molecule has 1 aliphatic heterocycles. The highest BCUT2D eigenvalue weighted by molar-refractivity contribution is 5.89. The average Bonchev–Trinajstić information content (AvgIpc) is 2.51. The molecule has 7 nitrogen and oxygen atoms in total. The molecular formula is C17H27NO6. The number of nitrogens with zero attached hydrogens (tertiary/aromatic N) is 1. The number of carbonyl (C=O) groups is 2. The van der Waals surface area contributed by atoms with Crippen molar-refractivity contribution in [2.45, 2.75) is 38.8 Å². The van der Waals surface area contributed by atoms with Crippen LogP contribution in [0.3, 0.4) is 0 Å². The fourth-order valence-corrected chi connectivity index (χ4v) is 2.17. The second-order valence-corrected chi connectivity index (χ2v) is 6.38. The molecule has 0 spiro atoms. The van der Waals surface area contributed by atoms with Gasteiger partial charge in [0.2, 0.25) is 0 Å². The van der Waals surface area contributed by atoms with Crippen LogP contribution in [0.4, 0.5) is 4.79 Å². The minimum atomic E-state index is -0.569. The van der Waals surface area contributed by atoms with Crippen molar-refractivity contribution >= 4 is 12.1 Å². The summed E-state index contributed by atoms with van der Waals surface area (Å²) in [5.74, 6) is -0.377. The minimum absolute atomic E-state index is 0.109. The molecule has 136 valence electrons. The lowest BCUT2D eigenvalue weighted by atomic mass is 10.0. The SMILES string of the molecule is C=CCOC(=O)N1CC=C(C(=O)OC(C)(C)C)C[C@@H]1COCOC. The molecule has 0 unspecified atom stereocenters. The highest BCUT2D eigenvalue weighted by Gasteiger charge is 2.32. The van der Waals surface area contributed by atoms with Crippen LogP contribution in [-0.2, 0) is 23.7 Å². The smallest absolute Gasteiger partial charge is 0.410 e. The Morgan fingerprint density at radius 1 is 1.42 bits per heavy atom. The summed E-state index contributed by atoms with van der Waals surface area (Å²) in [6.07, 6.45) is 3.05. The summed E-state index contributed by atoms with van der Waals surface area (Å²) in [5, 5.41) is 0. The third kappa shape index (κ3) is 6.72. The largest absolute Gasteiger partial charge is 0.457 e. The zero-order valence-electron chi connectivity index (χ0n) is 14.9. The van der Waals surface area contributed by atoms with Gasteiger partial charge >= 0.3 is 12.1 Å². The summed E-state index contributed by atoms with van der Waals surface area (Å²) < 4.78 is 20.7. The zero-order valence-corrected chi connectivity index (χ0v) is 14.9. The fraction of sp³-hybridized carbons (Fsp3) is 0.647. The predicted molar refractivity (Wildman–Crippen MR) is 88.4 cm³/mol. The summed E-state index contributed by atoms with van der Waals surface area (Å²) in [6.45, 7) is 9.68. The van der Waals surface area contributed by atoms with Gasteiger partial charge in [-0.3, -0.25) is 4.90 Å². The van der Waals surface area contributed by atoms with Crippen LogP contribution in [-0.4, -0.2) is 62.3 Å². The van der Waals surface area contributed by atoms with Crippen molar-refractivity contribution < 1.29 is 28.5 Å². The number of rotatable bonds is 7. The van der Waals surface area contributed by atoms with E-state index in [9.17, 15) is 9.59 Å². The Morgan fingerprint density at radius 2 is 2.12 bits per heavy atom. The molecule has 0 saturated heterocycles. The molecule has 0 radical (unpaired) electrons. The van der Waals surface area contributed by atoms with Crippen molar-refractivity contribution in [3.63, 3.8) is 0 Å². The molecule has 0 aromatic carbocycles. The molecule has 0 fully saturated rings. The normalized spacial score (nSPS) is 17.9. The first-order chi connectivity index (χ1) is 11.3. The molecule has 0 aliphatic carbocycles. The van der Waals surface area contributed by atoms with Gasteiger partial charge in [0, 0.05) is 25.6 Å². The van der Waals surface area contributed by atoms with Crippen molar-refractivity contribution in [1.29, 1.82) is 0 Å². The first-order valence-electron chi connectivity index (χ1n) is 7.82. The van der Waals surface area contributed by atoms with E-state index in [4.69, 9.17) is 18.9 Å². The molecular weight excluding hydrogens is 314 g/mol. The van der Waals surface area contributed by atoms with Crippen molar-refractivity contribution in [3.05, 3.63) is 24.3 Å². The number of hydrogen-bond acceptors (Lipinski definition) is 6. The third-order valence-electron chi connectivity index (χ3n) is 3.16. The topological polar surface area (TPSA) is 74.3 Å². The molecule has 24 heavy (non-hydrogen) atoms. The van der Waals surface area contributed by atoms with E-state index in [1.165, 1.54) is 18.1 Å². The molecule has 1 atom stereocenters. The van der Waals surface area contributed by atoms with Gasteiger partial charge in [0.05, 0.1) is 12.6 Å². The summed E-state index contributed by atoms with van der Waals surface area (Å²) in [4.78, 5) is 25.9. The molecule has 1 rings (SSSR count). The van der Waals surface area contributed by atoms with Crippen molar-refractivity contribution in [3.8, 4) is 0 Å². The van der Waals surface area contributed by atoms with Crippen LogP contribution in [0.2, 0.25) is 0 Å². The van der Waals surface area contributed by atoms with Gasteiger partial charge in [-0.25, -0.2) is 9.59 Å². The predicted octanol–water partition coefficient (Wildman–Crippen LogP) is 2.27. The number of methoxy groups -OCH3 is 1. The molecule has 0 aromatic rings. The summed E-state index contributed by atoms with van der Waals surface area (Å²) in [6, 6.07) is -0.329. The first-order valence-corrected chi connectivity index (χ1v) is 7.82. The Bertz CT molecular complexity index is 480. The van der Waals surface area contributed by atoms with Gasteiger partial charge in [0.15, 0.2) is 0 Å². The molecule has 7 heteroatoms. The molecule has 0 aromatic heterocycles. The lowest BCUT2D eigenvalue weighted by Gasteiger charge is -2.34. The zero-order chi connectivity index (χ0) is 18.2. The third-order valence-corrected chi connectivity index (χ3v) is 3.16. The highest BCUT2D eigenvalue weighted by atomic mass is 16.7. The Labute approximate surface area is 143 Å². The number of amides is 1. The number of ether oxygens (including phenoxy) is 4. The fourth-order valence-electron chi connectivity index (χ4n) is 2.17. The van der Waals surface area contributed by atoms with Crippen LogP contribution in [0, 0.1) is 0 Å². The van der Waals surface area contributed by atoms with Crippen molar-refractivity contribution in [2.75, 3.05) is 33.7 Å². The summed E-state index contributed by atoms with van der Waals surface area (Å²) in [7, 11) is 1.52. The van der Waals surface area contributed by atoms with Crippen LogP contribution in [0.5, 0.6) is 0 Å². The van der Waals surface area contributed by atoms with E-state index in [1.54, 1.807) is 6.08 Å². The summed E-state index contributed by atoms with van der Waals surface area (Å²) in [5.41, 5.74) is -0.0382. The van der Waals surface area contributed by atoms with Crippen LogP contribution in [0.1, 0.15) is 27.2 Å². The van der Waals surface area contributed by atoms with Crippen LogP contribution >= 0.6 is 0 Å². The maximum absolute atomic E-state index is 12.2. The second-order valence-electron chi connectivity index (χ2n) is 6.38. The molecule has 1 amide bonds. The van der Waals surface area contributed by atoms with E-state index in [-0.39, 0.29) is 38.6 Å². The van der Waals surface area contributed by atoms with Crippen molar-refractivity contribution in [2.24, 2.45) is 0 Å². The molecule has 1 heterocycles. The average molecular weight is 341 g/mol. The van der Waals surface area contributed by atoms with Gasteiger partial charge in [-0.15, -0.1) is 0 Å². The van der Waals surface area contributed by atoms with Gasteiger partial charge in [0.1, 0.15) is 19.0 Å². The van der Waals surface area contributed by atoms with Gasteiger partial charge < -0.3 is 18.9 Å². The number of esters is 1. The van der Waals surface area contributed by atoms with Gasteiger partial charge in [-0.1, -0.05) is 18.7 Å². The number of carbonyl (C=O) groups excluding carboxylic acids is 2. The maximum Gasteiger partial charge on any atom is 0.410 e. The van der Waals surface area contributed by atoms with E-state index in [0.717, 1.165) is 0 Å². The van der Waals surface area contributed by atoms with Crippen molar-refractivity contribution in [1.82, 2.24) is 4.90 Å². The van der Waals surface area contributed by atoms with Gasteiger partial charge in [-0.2, -0.15) is 0 Å². The Balaban J connectivity index is 2.79. The first kappa shape index (κ1) is 20.2. The Hall–Kier alpha value is -1.86. The quantitative estimate of drug-likeness (QED) is 0.306. The molecule has 1 aliphatic rings. The van der Waals surface area contributed by atoms with Crippen LogP contribution < -0.4 is 0 Å². The molecule has 0 bridgehead atoms. The summed E-state index contributed by atoms with van der Waals surface area (Å²) >= 11 is 0. The maximum atomic E-state index is 12.2. The van der Waals surface area contributed by atoms with Crippen LogP contribution in [0.15, 0.2) is 24.3 Å². The Kier molecular flexibility index (Phi) is 7.94. The van der Waals surface area contributed by atoms with E-state index in [1.807, 2.05) is 20.8 Å². The standard InChI is InChI=1S/C17H27NO6/c1-6-9-23-16(20)18-8-7-13(15(19)24-17(2,3)4)10-14(18)11-22-12-21-5/h6-7,14H,1,8-12H2,2-5H3/t14-/m1/s1. The molecule has 0 saturated carbocycles. The highest BCUT2D eigenvalue weighted by Crippen LogP contribution is 2.22. The minimum Gasteiger partial charge on any atom is -0.457 e. The van der Waals surface area contributed by atoms with E-state index in [2.05, 4.69) is 6.58 Å². The lowest BCUT2D eigenvalue weighted by Crippen LogP contribution is -2.47.